The molecule has 10 heteroatoms. The highest BCUT2D eigenvalue weighted by molar-refractivity contribution is 6.35. The number of benzene rings is 1. The first kappa shape index (κ1) is 19.3. The van der Waals surface area contributed by atoms with Crippen molar-refractivity contribution in [1.29, 1.82) is 0 Å². The molecule has 0 N–H and O–H groups in total. The molecule has 2 aromatic rings. The summed E-state index contributed by atoms with van der Waals surface area (Å²) in [7, 11) is 1.06. The standard InChI is InChI=1S/C17H14ClF4N3O2/c1-8-5-10(19)7-11(6-8)25(17(20,21)22)15-12(18)13(16(26)27-2)23-14(24-15)9-3-4-9/h5-7,9H,3-4H2,1-2H3. The number of esters is 1. The molecule has 0 bridgehead atoms. The van der Waals surface area contributed by atoms with E-state index in [9.17, 15) is 22.4 Å². The van der Waals surface area contributed by atoms with Crippen LogP contribution in [0, 0.1) is 12.7 Å². The first-order valence-corrected chi connectivity index (χ1v) is 8.29. The maximum Gasteiger partial charge on any atom is 0.490 e. The SMILES string of the molecule is COC(=O)c1nc(C2CC2)nc(N(c2cc(C)cc(F)c2)C(F)(F)F)c1Cl. The molecule has 1 aromatic carbocycles. The lowest BCUT2D eigenvalue weighted by Crippen LogP contribution is -2.35. The minimum absolute atomic E-state index is 0.0668. The lowest BCUT2D eigenvalue weighted by Gasteiger charge is -2.27. The van der Waals surface area contributed by atoms with Crippen LogP contribution in [0.5, 0.6) is 0 Å². The number of aromatic nitrogens is 2. The van der Waals surface area contributed by atoms with E-state index in [-0.39, 0.29) is 22.2 Å². The van der Waals surface area contributed by atoms with Crippen molar-refractivity contribution < 1.29 is 27.1 Å². The van der Waals surface area contributed by atoms with Crippen molar-refractivity contribution >= 4 is 29.1 Å². The van der Waals surface area contributed by atoms with Crippen LogP contribution in [-0.4, -0.2) is 29.3 Å². The van der Waals surface area contributed by atoms with Crippen LogP contribution in [0.4, 0.5) is 29.1 Å². The summed E-state index contributed by atoms with van der Waals surface area (Å²) in [5.41, 5.74) is -0.702. The zero-order valence-corrected chi connectivity index (χ0v) is 15.0. The number of aryl methyl sites for hydroxylation is 1. The number of carbonyl (C=O) groups excluding carboxylic acids is 1. The average molecular weight is 404 g/mol. The van der Waals surface area contributed by atoms with Gasteiger partial charge in [0, 0.05) is 5.92 Å². The Morgan fingerprint density at radius 2 is 1.93 bits per heavy atom. The number of alkyl halides is 3. The molecule has 0 atom stereocenters. The number of rotatable bonds is 4. The molecular formula is C17H14ClF4N3O2. The third-order valence-corrected chi connectivity index (χ3v) is 4.27. The molecule has 3 rings (SSSR count). The van der Waals surface area contributed by atoms with Crippen molar-refractivity contribution in [3.05, 3.63) is 46.1 Å². The summed E-state index contributed by atoms with van der Waals surface area (Å²) in [6, 6.07) is 2.95. The first-order chi connectivity index (χ1) is 12.6. The van der Waals surface area contributed by atoms with Gasteiger partial charge >= 0.3 is 12.3 Å². The number of hydrogen-bond donors (Lipinski definition) is 0. The highest BCUT2D eigenvalue weighted by Gasteiger charge is 2.43. The van der Waals surface area contributed by atoms with Crippen LogP contribution in [0.2, 0.25) is 5.02 Å². The Morgan fingerprint density at radius 1 is 1.26 bits per heavy atom. The van der Waals surface area contributed by atoms with Crippen LogP contribution in [0.25, 0.3) is 0 Å². The van der Waals surface area contributed by atoms with Gasteiger partial charge in [0.15, 0.2) is 11.5 Å². The number of carbonyl (C=O) groups is 1. The van der Waals surface area contributed by atoms with Gasteiger partial charge in [0.05, 0.1) is 12.8 Å². The fraction of sp³-hybridized carbons (Fsp3) is 0.353. The Balaban J connectivity index is 2.25. The van der Waals surface area contributed by atoms with Crippen molar-refractivity contribution in [2.75, 3.05) is 12.0 Å². The zero-order chi connectivity index (χ0) is 19.9. The highest BCUT2D eigenvalue weighted by atomic mass is 35.5. The number of methoxy groups -OCH3 is 1. The van der Waals surface area contributed by atoms with Gasteiger partial charge in [0.1, 0.15) is 16.7 Å². The van der Waals surface area contributed by atoms with Crippen LogP contribution < -0.4 is 4.90 Å². The zero-order valence-electron chi connectivity index (χ0n) is 14.3. The molecule has 1 saturated carbocycles. The third-order valence-electron chi connectivity index (χ3n) is 3.92. The molecule has 27 heavy (non-hydrogen) atoms. The number of nitrogens with zero attached hydrogens (tertiary/aromatic N) is 3. The second-order valence-electron chi connectivity index (χ2n) is 6.12. The van der Waals surface area contributed by atoms with Crippen molar-refractivity contribution in [2.24, 2.45) is 0 Å². The molecule has 1 fully saturated rings. The van der Waals surface area contributed by atoms with Gasteiger partial charge in [-0.15, -0.1) is 13.2 Å². The largest absolute Gasteiger partial charge is 0.490 e. The summed E-state index contributed by atoms with van der Waals surface area (Å²) in [5, 5.41) is -0.620. The molecule has 0 aliphatic heterocycles. The van der Waals surface area contributed by atoms with Crippen LogP contribution in [0.1, 0.15) is 40.6 Å². The van der Waals surface area contributed by atoms with E-state index in [0.717, 1.165) is 19.2 Å². The van der Waals surface area contributed by atoms with Crippen molar-refractivity contribution in [3.63, 3.8) is 0 Å². The van der Waals surface area contributed by atoms with E-state index in [2.05, 4.69) is 14.7 Å². The predicted octanol–water partition coefficient (Wildman–Crippen LogP) is 4.90. The smallest absolute Gasteiger partial charge is 0.464 e. The molecular weight excluding hydrogens is 390 g/mol. The molecule has 1 heterocycles. The van der Waals surface area contributed by atoms with E-state index in [4.69, 9.17) is 11.6 Å². The van der Waals surface area contributed by atoms with Crippen LogP contribution in [-0.2, 0) is 4.74 Å². The van der Waals surface area contributed by atoms with E-state index < -0.39 is 40.3 Å². The minimum atomic E-state index is -4.98. The maximum absolute atomic E-state index is 13.9. The second-order valence-corrected chi connectivity index (χ2v) is 6.50. The lowest BCUT2D eigenvalue weighted by molar-refractivity contribution is -0.121. The molecule has 0 spiro atoms. The summed E-state index contributed by atoms with van der Waals surface area (Å²) in [6.45, 7) is 1.46. The van der Waals surface area contributed by atoms with E-state index >= 15 is 0 Å². The molecule has 0 unspecified atom stereocenters. The number of ether oxygens (including phenoxy) is 1. The summed E-state index contributed by atoms with van der Waals surface area (Å²) >= 11 is 6.05. The fourth-order valence-corrected chi connectivity index (χ4v) is 2.84. The van der Waals surface area contributed by atoms with E-state index in [0.29, 0.717) is 18.9 Å². The lowest BCUT2D eigenvalue weighted by atomic mass is 10.2. The van der Waals surface area contributed by atoms with Gasteiger partial charge in [-0.05, 0) is 43.5 Å². The number of halogens is 5. The Labute approximate surface area is 156 Å². The first-order valence-electron chi connectivity index (χ1n) is 7.91. The van der Waals surface area contributed by atoms with Crippen molar-refractivity contribution in [2.45, 2.75) is 32.0 Å². The monoisotopic (exact) mass is 403 g/mol. The Kier molecular flexibility index (Phi) is 4.98. The molecule has 144 valence electrons. The van der Waals surface area contributed by atoms with Gasteiger partial charge in [-0.1, -0.05) is 11.6 Å². The minimum Gasteiger partial charge on any atom is -0.464 e. The summed E-state index contributed by atoms with van der Waals surface area (Å²) in [4.78, 5) is 19.7. The van der Waals surface area contributed by atoms with Crippen LogP contribution in [0.3, 0.4) is 0 Å². The number of anilines is 2. The Hall–Kier alpha value is -2.42. The molecule has 0 radical (unpaired) electrons. The maximum atomic E-state index is 13.9. The van der Waals surface area contributed by atoms with Gasteiger partial charge in [-0.3, -0.25) is 0 Å². The molecule has 1 aliphatic rings. The molecule has 0 saturated heterocycles. The highest BCUT2D eigenvalue weighted by Crippen LogP contribution is 2.44. The second kappa shape index (κ2) is 6.95. The predicted molar refractivity (Wildman–Crippen MR) is 89.7 cm³/mol. The van der Waals surface area contributed by atoms with E-state index in [1.54, 1.807) is 0 Å². The molecule has 1 aromatic heterocycles. The van der Waals surface area contributed by atoms with Crippen molar-refractivity contribution in [1.82, 2.24) is 9.97 Å². The van der Waals surface area contributed by atoms with Gasteiger partial charge < -0.3 is 4.74 Å². The Morgan fingerprint density at radius 3 is 2.44 bits per heavy atom. The van der Waals surface area contributed by atoms with Crippen LogP contribution in [0.15, 0.2) is 18.2 Å². The average Bonchev–Trinajstić information content (AvgIpc) is 3.38. The van der Waals surface area contributed by atoms with E-state index in [1.807, 2.05) is 0 Å². The fourth-order valence-electron chi connectivity index (χ4n) is 2.59. The molecule has 0 amide bonds. The van der Waals surface area contributed by atoms with Gasteiger partial charge in [0.25, 0.3) is 0 Å². The summed E-state index contributed by atoms with van der Waals surface area (Å²) in [5.74, 6) is -2.67. The molecule has 1 aliphatic carbocycles. The molecule has 5 nitrogen and oxygen atoms in total. The Bertz CT molecular complexity index is 880. The normalized spacial score (nSPS) is 14.2. The van der Waals surface area contributed by atoms with Crippen LogP contribution >= 0.6 is 11.6 Å². The van der Waals surface area contributed by atoms with Gasteiger partial charge in [-0.2, -0.15) is 0 Å². The third kappa shape index (κ3) is 3.97. The van der Waals surface area contributed by atoms with Gasteiger partial charge in [0.2, 0.25) is 0 Å². The summed E-state index contributed by atoms with van der Waals surface area (Å²) in [6.07, 6.45) is -3.61. The number of hydrogen-bond acceptors (Lipinski definition) is 5. The quantitative estimate of drug-likeness (QED) is 0.413. The van der Waals surface area contributed by atoms with Crippen molar-refractivity contribution in [3.8, 4) is 0 Å². The topological polar surface area (TPSA) is 55.3 Å². The van der Waals surface area contributed by atoms with E-state index in [1.165, 1.54) is 6.92 Å². The van der Waals surface area contributed by atoms with Gasteiger partial charge in [-0.25, -0.2) is 24.1 Å². The summed E-state index contributed by atoms with van der Waals surface area (Å²) < 4.78 is 59.9.